The number of sulfonamides is 1. The molecule has 2 N–H and O–H groups in total. The van der Waals surface area contributed by atoms with E-state index in [4.69, 9.17) is 4.74 Å². The maximum Gasteiger partial charge on any atom is 0.256 e. The Labute approximate surface area is 174 Å². The highest BCUT2D eigenvalue weighted by atomic mass is 32.2. The quantitative estimate of drug-likeness (QED) is 0.605. The van der Waals surface area contributed by atoms with Crippen LogP contribution >= 0.6 is 0 Å². The Morgan fingerprint density at radius 3 is 2.73 bits per heavy atom. The summed E-state index contributed by atoms with van der Waals surface area (Å²) in [6.45, 7) is 0.873. The number of hydrogen-bond acceptors (Lipinski definition) is 5. The minimum atomic E-state index is -3.74. The van der Waals surface area contributed by atoms with Crippen LogP contribution in [0, 0.1) is 0 Å². The van der Waals surface area contributed by atoms with Crippen molar-refractivity contribution in [1.82, 2.24) is 14.5 Å². The van der Waals surface area contributed by atoms with Crippen LogP contribution in [0.25, 0.3) is 5.69 Å². The highest BCUT2D eigenvalue weighted by Gasteiger charge is 2.21. The van der Waals surface area contributed by atoms with E-state index in [-0.39, 0.29) is 23.1 Å². The number of nitrogens with zero attached hydrogens (tertiary/aromatic N) is 2. The topological polar surface area (TPSA) is 102 Å². The molecule has 1 atom stereocenters. The van der Waals surface area contributed by atoms with Gasteiger partial charge in [-0.25, -0.2) is 17.8 Å². The number of amides is 1. The Kier molecular flexibility index (Phi) is 5.93. The van der Waals surface area contributed by atoms with Crippen molar-refractivity contribution in [2.75, 3.05) is 18.5 Å². The number of hydrogen-bond donors (Lipinski definition) is 2. The molecule has 2 heterocycles. The lowest BCUT2D eigenvalue weighted by Gasteiger charge is -2.12. The molecule has 1 aliphatic heterocycles. The number of aromatic nitrogens is 2. The molecule has 0 saturated carbocycles. The molecule has 0 aliphatic carbocycles. The normalized spacial score (nSPS) is 16.5. The van der Waals surface area contributed by atoms with Crippen molar-refractivity contribution in [3.8, 4) is 5.69 Å². The van der Waals surface area contributed by atoms with Gasteiger partial charge in [0.1, 0.15) is 0 Å². The first-order valence-corrected chi connectivity index (χ1v) is 11.1. The van der Waals surface area contributed by atoms with Crippen LogP contribution in [0.5, 0.6) is 0 Å². The molecule has 1 aromatic heterocycles. The zero-order valence-electron chi connectivity index (χ0n) is 16.2. The van der Waals surface area contributed by atoms with E-state index >= 15 is 0 Å². The minimum absolute atomic E-state index is 0.0305. The molecular weight excluding hydrogens is 404 g/mol. The third-order valence-corrected chi connectivity index (χ3v) is 6.20. The molecule has 8 nitrogen and oxygen atoms in total. The second-order valence-electron chi connectivity index (χ2n) is 6.95. The summed E-state index contributed by atoms with van der Waals surface area (Å²) in [4.78, 5) is 12.6. The van der Waals surface area contributed by atoms with Crippen LogP contribution in [-0.2, 0) is 14.8 Å². The molecular formula is C21H22N4O4S. The first kappa shape index (κ1) is 20.3. The molecule has 0 radical (unpaired) electrons. The molecule has 9 heteroatoms. The Bertz CT molecular complexity index is 1120. The summed E-state index contributed by atoms with van der Waals surface area (Å²) < 4.78 is 34.8. The summed E-state index contributed by atoms with van der Waals surface area (Å²) in [5.41, 5.74) is 1.09. The number of carbonyl (C=O) groups excluding carboxylic acids is 1. The van der Waals surface area contributed by atoms with Gasteiger partial charge in [-0.2, -0.15) is 5.10 Å². The molecule has 3 aromatic rings. The molecule has 1 amide bonds. The summed E-state index contributed by atoms with van der Waals surface area (Å²) >= 11 is 0. The van der Waals surface area contributed by atoms with Gasteiger partial charge in [0, 0.05) is 31.0 Å². The predicted molar refractivity (Wildman–Crippen MR) is 112 cm³/mol. The maximum absolute atomic E-state index is 12.6. The van der Waals surface area contributed by atoms with Gasteiger partial charge in [-0.1, -0.05) is 24.3 Å². The number of para-hydroxylation sites is 1. The van der Waals surface area contributed by atoms with Gasteiger partial charge in [-0.3, -0.25) is 4.79 Å². The smallest absolute Gasteiger partial charge is 0.256 e. The highest BCUT2D eigenvalue weighted by Crippen LogP contribution is 2.16. The third kappa shape index (κ3) is 4.76. The molecule has 1 fully saturated rings. The number of nitrogens with one attached hydrogen (secondary N) is 2. The van der Waals surface area contributed by atoms with E-state index in [0.29, 0.717) is 12.4 Å². The average molecular weight is 426 g/mol. The van der Waals surface area contributed by atoms with Gasteiger partial charge >= 0.3 is 0 Å². The summed E-state index contributed by atoms with van der Waals surface area (Å²) in [5.74, 6) is -0.0712. The Morgan fingerprint density at radius 2 is 1.97 bits per heavy atom. The molecule has 30 heavy (non-hydrogen) atoms. The molecule has 1 aliphatic rings. The average Bonchev–Trinajstić information content (AvgIpc) is 3.45. The largest absolute Gasteiger partial charge is 0.377 e. The standard InChI is InChI=1S/C21H22N4O4S/c26-21(23-20-11-12-25(24-20)17-7-2-1-3-8-17)16-6-4-10-19(14-16)30(27,28)22-15-18-9-5-13-29-18/h1-4,6-8,10-12,14,18,22H,5,9,13,15H2,(H,23,24,26). The molecule has 0 spiro atoms. The Balaban J connectivity index is 1.44. The van der Waals surface area contributed by atoms with Crippen molar-refractivity contribution >= 4 is 21.7 Å². The highest BCUT2D eigenvalue weighted by molar-refractivity contribution is 7.89. The Hall–Kier alpha value is -3.01. The SMILES string of the molecule is O=C(Nc1ccn(-c2ccccc2)n1)c1cccc(S(=O)(=O)NCC2CCCO2)c1. The van der Waals surface area contributed by atoms with Crippen LogP contribution in [0.4, 0.5) is 5.82 Å². The number of rotatable bonds is 7. The lowest BCUT2D eigenvalue weighted by atomic mass is 10.2. The van der Waals surface area contributed by atoms with Crippen molar-refractivity contribution in [2.24, 2.45) is 0 Å². The van der Waals surface area contributed by atoms with Gasteiger partial charge in [-0.15, -0.1) is 0 Å². The number of carbonyl (C=O) groups is 1. The van der Waals surface area contributed by atoms with Gasteiger partial charge in [0.25, 0.3) is 5.91 Å². The summed E-state index contributed by atoms with van der Waals surface area (Å²) in [6, 6.07) is 17.1. The van der Waals surface area contributed by atoms with Gasteiger partial charge in [0.15, 0.2) is 5.82 Å². The first-order valence-electron chi connectivity index (χ1n) is 9.65. The Morgan fingerprint density at radius 1 is 1.13 bits per heavy atom. The van der Waals surface area contributed by atoms with Crippen molar-refractivity contribution in [2.45, 2.75) is 23.8 Å². The van der Waals surface area contributed by atoms with Crippen LogP contribution < -0.4 is 10.0 Å². The van der Waals surface area contributed by atoms with Gasteiger partial charge in [0.05, 0.1) is 16.7 Å². The number of benzene rings is 2. The van der Waals surface area contributed by atoms with Gasteiger partial charge in [0.2, 0.25) is 10.0 Å². The molecule has 0 bridgehead atoms. The maximum atomic E-state index is 12.6. The second-order valence-corrected chi connectivity index (χ2v) is 8.72. The summed E-state index contributed by atoms with van der Waals surface area (Å²) in [5, 5.41) is 7.03. The monoisotopic (exact) mass is 426 g/mol. The zero-order valence-corrected chi connectivity index (χ0v) is 17.0. The predicted octanol–water partition coefficient (Wildman–Crippen LogP) is 2.58. The first-order chi connectivity index (χ1) is 14.5. The van der Waals surface area contributed by atoms with E-state index in [2.05, 4.69) is 15.1 Å². The van der Waals surface area contributed by atoms with E-state index in [0.717, 1.165) is 18.5 Å². The third-order valence-electron chi connectivity index (χ3n) is 4.78. The van der Waals surface area contributed by atoms with E-state index in [1.165, 1.54) is 18.2 Å². The fourth-order valence-corrected chi connectivity index (χ4v) is 4.31. The van der Waals surface area contributed by atoms with Crippen LogP contribution in [0.2, 0.25) is 0 Å². The van der Waals surface area contributed by atoms with E-state index in [9.17, 15) is 13.2 Å². The fourth-order valence-electron chi connectivity index (χ4n) is 3.20. The van der Waals surface area contributed by atoms with Crippen LogP contribution in [0.3, 0.4) is 0 Å². The fraction of sp³-hybridized carbons (Fsp3) is 0.238. The van der Waals surface area contributed by atoms with Gasteiger partial charge in [-0.05, 0) is 43.2 Å². The summed E-state index contributed by atoms with van der Waals surface area (Å²) in [6.07, 6.45) is 3.40. The number of ether oxygens (including phenoxy) is 1. The molecule has 4 rings (SSSR count). The van der Waals surface area contributed by atoms with Crippen molar-refractivity contribution in [3.63, 3.8) is 0 Å². The minimum Gasteiger partial charge on any atom is -0.377 e. The molecule has 2 aromatic carbocycles. The molecule has 156 valence electrons. The lowest BCUT2D eigenvalue weighted by Crippen LogP contribution is -2.32. The number of anilines is 1. The lowest BCUT2D eigenvalue weighted by molar-refractivity contribution is 0.102. The molecule has 1 unspecified atom stereocenters. The van der Waals surface area contributed by atoms with Crippen molar-refractivity contribution in [3.05, 3.63) is 72.4 Å². The van der Waals surface area contributed by atoms with E-state index < -0.39 is 15.9 Å². The van der Waals surface area contributed by atoms with Crippen LogP contribution in [-0.4, -0.2) is 43.4 Å². The molecule has 1 saturated heterocycles. The zero-order chi connectivity index (χ0) is 21.0. The van der Waals surface area contributed by atoms with Crippen molar-refractivity contribution < 1.29 is 17.9 Å². The van der Waals surface area contributed by atoms with E-state index in [1.54, 1.807) is 23.0 Å². The van der Waals surface area contributed by atoms with Crippen LogP contribution in [0.1, 0.15) is 23.2 Å². The van der Waals surface area contributed by atoms with Gasteiger partial charge < -0.3 is 10.1 Å². The van der Waals surface area contributed by atoms with Crippen molar-refractivity contribution in [1.29, 1.82) is 0 Å². The second kappa shape index (κ2) is 8.78. The summed E-state index contributed by atoms with van der Waals surface area (Å²) in [7, 11) is -3.74. The van der Waals surface area contributed by atoms with E-state index in [1.807, 2.05) is 30.3 Å². The van der Waals surface area contributed by atoms with Crippen LogP contribution in [0.15, 0.2) is 71.8 Å².